The molecule has 0 aromatic heterocycles. The van der Waals surface area contributed by atoms with E-state index < -0.39 is 0 Å². The Morgan fingerprint density at radius 1 is 1.00 bits per heavy atom. The van der Waals surface area contributed by atoms with Gasteiger partial charge in [-0.3, -0.25) is 0 Å². The zero-order chi connectivity index (χ0) is 19.8. The van der Waals surface area contributed by atoms with Gasteiger partial charge in [-0.25, -0.2) is 4.39 Å². The van der Waals surface area contributed by atoms with E-state index in [4.69, 9.17) is 14.8 Å². The minimum absolute atomic E-state index is 0.103. The van der Waals surface area contributed by atoms with Gasteiger partial charge in [0, 0.05) is 21.2 Å². The Kier molecular flexibility index (Phi) is 6.77. The third kappa shape index (κ3) is 5.18. The quantitative estimate of drug-likeness (QED) is 0.356. The summed E-state index contributed by atoms with van der Waals surface area (Å²) in [6.45, 7) is 0.283. The van der Waals surface area contributed by atoms with Gasteiger partial charge in [0.05, 0.1) is 17.8 Å². The zero-order valence-electron chi connectivity index (χ0n) is 14.8. The van der Waals surface area contributed by atoms with Crippen molar-refractivity contribution in [1.29, 1.82) is 5.26 Å². The Balaban J connectivity index is 1.67. The molecule has 0 atom stereocenters. The molecule has 3 aromatic rings. The summed E-state index contributed by atoms with van der Waals surface area (Å²) in [6, 6.07) is 21.2. The molecule has 0 bridgehead atoms. The van der Waals surface area contributed by atoms with Crippen LogP contribution in [0.3, 0.4) is 0 Å². The molecule has 28 heavy (non-hydrogen) atoms. The van der Waals surface area contributed by atoms with E-state index in [0.29, 0.717) is 22.4 Å². The summed E-state index contributed by atoms with van der Waals surface area (Å²) in [7, 11) is 0. The lowest BCUT2D eigenvalue weighted by atomic mass is 10.1. The topological polar surface area (TPSA) is 54.6 Å². The SMILES string of the molecule is N#Cc1ccccc1CO/N=C\c1cc(Br)ccc1OCc1ccccc1F. The van der Waals surface area contributed by atoms with Gasteiger partial charge < -0.3 is 9.57 Å². The summed E-state index contributed by atoms with van der Waals surface area (Å²) in [5.74, 6) is 0.241. The van der Waals surface area contributed by atoms with Gasteiger partial charge in [-0.1, -0.05) is 57.5 Å². The van der Waals surface area contributed by atoms with Crippen molar-refractivity contribution in [1.82, 2.24) is 0 Å². The fourth-order valence-corrected chi connectivity index (χ4v) is 2.86. The molecule has 0 heterocycles. The summed E-state index contributed by atoms with van der Waals surface area (Å²) < 4.78 is 20.4. The highest BCUT2D eigenvalue weighted by atomic mass is 79.9. The van der Waals surface area contributed by atoms with Gasteiger partial charge in [0.15, 0.2) is 0 Å². The smallest absolute Gasteiger partial charge is 0.143 e. The summed E-state index contributed by atoms with van der Waals surface area (Å²) >= 11 is 3.41. The van der Waals surface area contributed by atoms with E-state index >= 15 is 0 Å². The molecule has 0 saturated carbocycles. The van der Waals surface area contributed by atoms with Crippen molar-refractivity contribution in [3.63, 3.8) is 0 Å². The molecule has 3 aromatic carbocycles. The Labute approximate surface area is 171 Å². The van der Waals surface area contributed by atoms with Crippen LogP contribution in [-0.4, -0.2) is 6.21 Å². The standard InChI is InChI=1S/C22H16BrFN2O2/c23-20-9-10-22(27-14-18-7-3-4-8-21(18)24)19(11-20)13-26-28-15-17-6-2-1-5-16(17)12-25/h1-11,13H,14-15H2/b26-13-. The minimum atomic E-state index is -0.311. The molecule has 0 fully saturated rings. The molecule has 140 valence electrons. The highest BCUT2D eigenvalue weighted by Gasteiger charge is 2.06. The average molecular weight is 439 g/mol. The lowest BCUT2D eigenvalue weighted by Crippen LogP contribution is -2.01. The van der Waals surface area contributed by atoms with Gasteiger partial charge >= 0.3 is 0 Å². The number of halogens is 2. The average Bonchev–Trinajstić information content (AvgIpc) is 2.72. The number of nitrogens with zero attached hydrogens (tertiary/aromatic N) is 2. The molecule has 0 aliphatic carbocycles. The number of benzene rings is 3. The number of rotatable bonds is 7. The number of ether oxygens (including phenoxy) is 1. The van der Waals surface area contributed by atoms with E-state index in [0.717, 1.165) is 10.0 Å². The first-order chi connectivity index (χ1) is 13.7. The summed E-state index contributed by atoms with van der Waals surface area (Å²) in [4.78, 5) is 5.33. The molecule has 0 saturated heterocycles. The van der Waals surface area contributed by atoms with Gasteiger partial charge in [0.1, 0.15) is 24.8 Å². The van der Waals surface area contributed by atoms with Crippen LogP contribution in [0.5, 0.6) is 5.75 Å². The highest BCUT2D eigenvalue weighted by molar-refractivity contribution is 9.10. The van der Waals surface area contributed by atoms with Crippen LogP contribution in [-0.2, 0) is 18.1 Å². The molecular weight excluding hydrogens is 423 g/mol. The van der Waals surface area contributed by atoms with Crippen molar-refractivity contribution in [2.75, 3.05) is 0 Å². The molecule has 0 spiro atoms. The van der Waals surface area contributed by atoms with Crippen LogP contribution >= 0.6 is 15.9 Å². The van der Waals surface area contributed by atoms with Crippen LogP contribution < -0.4 is 4.74 Å². The molecule has 4 nitrogen and oxygen atoms in total. The normalized spacial score (nSPS) is 10.6. The zero-order valence-corrected chi connectivity index (χ0v) is 16.4. The van der Waals surface area contributed by atoms with Crippen molar-refractivity contribution in [3.05, 3.63) is 99.3 Å². The molecule has 0 aliphatic heterocycles. The molecule has 0 amide bonds. The number of hydrogen-bond acceptors (Lipinski definition) is 4. The van der Waals surface area contributed by atoms with Crippen LogP contribution in [0.4, 0.5) is 4.39 Å². The van der Waals surface area contributed by atoms with Crippen molar-refractivity contribution in [2.24, 2.45) is 5.16 Å². The van der Waals surface area contributed by atoms with E-state index in [-0.39, 0.29) is 19.0 Å². The number of oxime groups is 1. The van der Waals surface area contributed by atoms with Crippen molar-refractivity contribution >= 4 is 22.1 Å². The Morgan fingerprint density at radius 3 is 2.54 bits per heavy atom. The van der Waals surface area contributed by atoms with E-state index in [2.05, 4.69) is 27.2 Å². The molecule has 0 aliphatic rings. The van der Waals surface area contributed by atoms with Crippen molar-refractivity contribution in [2.45, 2.75) is 13.2 Å². The van der Waals surface area contributed by atoms with E-state index in [1.807, 2.05) is 24.3 Å². The molecule has 0 unspecified atom stereocenters. The fraction of sp³-hybridized carbons (Fsp3) is 0.0909. The number of hydrogen-bond donors (Lipinski definition) is 0. The first-order valence-corrected chi connectivity index (χ1v) is 9.26. The molecular formula is C22H16BrFN2O2. The third-order valence-corrected chi connectivity index (χ3v) is 4.43. The van der Waals surface area contributed by atoms with E-state index in [9.17, 15) is 4.39 Å². The van der Waals surface area contributed by atoms with Gasteiger partial charge in [-0.05, 0) is 30.3 Å². The minimum Gasteiger partial charge on any atom is -0.488 e. The lowest BCUT2D eigenvalue weighted by Gasteiger charge is -2.10. The van der Waals surface area contributed by atoms with E-state index in [1.165, 1.54) is 12.3 Å². The van der Waals surface area contributed by atoms with Crippen LogP contribution in [0, 0.1) is 17.1 Å². The van der Waals surface area contributed by atoms with E-state index in [1.54, 1.807) is 36.4 Å². The second-order valence-electron chi connectivity index (χ2n) is 5.84. The lowest BCUT2D eigenvalue weighted by molar-refractivity contribution is 0.132. The third-order valence-electron chi connectivity index (χ3n) is 3.94. The van der Waals surface area contributed by atoms with Gasteiger partial charge in [-0.2, -0.15) is 5.26 Å². The van der Waals surface area contributed by atoms with Crippen molar-refractivity contribution < 1.29 is 14.0 Å². The monoisotopic (exact) mass is 438 g/mol. The summed E-state index contributed by atoms with van der Waals surface area (Å²) in [5, 5.41) is 13.1. The van der Waals surface area contributed by atoms with Gasteiger partial charge in [0.2, 0.25) is 0 Å². The fourth-order valence-electron chi connectivity index (χ4n) is 2.48. The summed E-state index contributed by atoms with van der Waals surface area (Å²) in [5.41, 5.74) is 2.46. The maximum atomic E-state index is 13.8. The summed E-state index contributed by atoms with van der Waals surface area (Å²) in [6.07, 6.45) is 1.52. The maximum absolute atomic E-state index is 13.8. The van der Waals surface area contributed by atoms with Crippen molar-refractivity contribution in [3.8, 4) is 11.8 Å². The number of nitriles is 1. The van der Waals surface area contributed by atoms with Crippen LogP contribution in [0.15, 0.2) is 76.4 Å². The Morgan fingerprint density at radius 2 is 1.75 bits per heavy atom. The molecule has 0 N–H and O–H groups in total. The predicted octanol–water partition coefficient (Wildman–Crippen LogP) is 5.59. The first-order valence-electron chi connectivity index (χ1n) is 8.46. The van der Waals surface area contributed by atoms with Gasteiger partial charge in [-0.15, -0.1) is 0 Å². The Bertz CT molecular complexity index is 1030. The second kappa shape index (κ2) is 9.67. The second-order valence-corrected chi connectivity index (χ2v) is 6.75. The van der Waals surface area contributed by atoms with Crippen LogP contribution in [0.25, 0.3) is 0 Å². The molecule has 0 radical (unpaired) electrons. The first kappa shape index (κ1) is 19.6. The Hall–Kier alpha value is -3.17. The molecule has 6 heteroatoms. The maximum Gasteiger partial charge on any atom is 0.143 e. The highest BCUT2D eigenvalue weighted by Crippen LogP contribution is 2.23. The largest absolute Gasteiger partial charge is 0.488 e. The molecule has 3 rings (SSSR count). The predicted molar refractivity (Wildman–Crippen MR) is 108 cm³/mol. The van der Waals surface area contributed by atoms with Crippen LogP contribution in [0.1, 0.15) is 22.3 Å². The van der Waals surface area contributed by atoms with Crippen LogP contribution in [0.2, 0.25) is 0 Å². The van der Waals surface area contributed by atoms with Gasteiger partial charge in [0.25, 0.3) is 0 Å².